The Labute approximate surface area is 138 Å². The molecule has 1 aromatic rings. The number of rotatable bonds is 3. The molecule has 4 nitrogen and oxygen atoms in total. The van der Waals surface area contributed by atoms with E-state index in [4.69, 9.17) is 33.9 Å². The first-order valence-electron chi connectivity index (χ1n) is 6.43. The zero-order chi connectivity index (χ0) is 15.8. The Hall–Kier alpha value is -0.490. The molecule has 0 bridgehead atoms. The minimum absolute atomic E-state index is 0.0166. The van der Waals surface area contributed by atoms with E-state index in [1.54, 1.807) is 0 Å². The van der Waals surface area contributed by atoms with E-state index in [9.17, 15) is 13.2 Å². The van der Waals surface area contributed by atoms with Crippen molar-refractivity contribution >= 4 is 48.8 Å². The van der Waals surface area contributed by atoms with Crippen LogP contribution < -0.4 is 5.32 Å². The zero-order valence-corrected chi connectivity index (χ0v) is 14.3. The SMILES string of the molecule is CC1CCC(NC(=O)c2cc(S(=O)(=O)Cl)cc(Cl)c2Cl)C1. The van der Waals surface area contributed by atoms with Gasteiger partial charge in [0, 0.05) is 16.7 Å². The molecule has 116 valence electrons. The molecular formula is C13H14Cl3NO3S. The van der Waals surface area contributed by atoms with E-state index in [1.165, 1.54) is 0 Å². The second-order valence-corrected chi connectivity index (χ2v) is 8.64. The molecule has 0 heterocycles. The van der Waals surface area contributed by atoms with Crippen molar-refractivity contribution in [1.29, 1.82) is 0 Å². The van der Waals surface area contributed by atoms with Crippen LogP contribution in [0.2, 0.25) is 10.0 Å². The summed E-state index contributed by atoms with van der Waals surface area (Å²) in [6, 6.07) is 2.34. The van der Waals surface area contributed by atoms with Gasteiger partial charge < -0.3 is 5.32 Å². The second kappa shape index (κ2) is 6.32. The van der Waals surface area contributed by atoms with Gasteiger partial charge in [0.15, 0.2) is 0 Å². The van der Waals surface area contributed by atoms with Crippen molar-refractivity contribution in [2.75, 3.05) is 0 Å². The van der Waals surface area contributed by atoms with Crippen LogP contribution in [-0.4, -0.2) is 20.4 Å². The van der Waals surface area contributed by atoms with Crippen LogP contribution in [-0.2, 0) is 9.05 Å². The lowest BCUT2D eigenvalue weighted by Crippen LogP contribution is -2.33. The molecule has 0 aromatic heterocycles. The molecule has 1 aliphatic carbocycles. The van der Waals surface area contributed by atoms with E-state index in [0.717, 1.165) is 31.4 Å². The number of benzene rings is 1. The summed E-state index contributed by atoms with van der Waals surface area (Å²) in [7, 11) is 1.30. The van der Waals surface area contributed by atoms with E-state index in [2.05, 4.69) is 12.2 Å². The van der Waals surface area contributed by atoms with E-state index in [0.29, 0.717) is 5.92 Å². The normalized spacial score (nSPS) is 22.3. The quantitative estimate of drug-likeness (QED) is 0.822. The zero-order valence-electron chi connectivity index (χ0n) is 11.2. The third-order valence-corrected chi connectivity index (χ3v) is 5.69. The van der Waals surface area contributed by atoms with Crippen molar-refractivity contribution < 1.29 is 13.2 Å². The molecule has 1 N–H and O–H groups in total. The van der Waals surface area contributed by atoms with Gasteiger partial charge in [-0.15, -0.1) is 0 Å². The molecule has 0 radical (unpaired) electrons. The maximum Gasteiger partial charge on any atom is 0.261 e. The third kappa shape index (κ3) is 4.03. The molecule has 1 amide bonds. The molecule has 1 fully saturated rings. The Morgan fingerprint density at radius 1 is 1.29 bits per heavy atom. The minimum atomic E-state index is -3.98. The summed E-state index contributed by atoms with van der Waals surface area (Å²) < 4.78 is 22.8. The van der Waals surface area contributed by atoms with Gasteiger partial charge in [-0.2, -0.15) is 0 Å². The number of hydrogen-bond donors (Lipinski definition) is 1. The van der Waals surface area contributed by atoms with Crippen molar-refractivity contribution in [3.05, 3.63) is 27.7 Å². The molecule has 2 unspecified atom stereocenters. The maximum absolute atomic E-state index is 12.3. The molecule has 1 saturated carbocycles. The molecule has 0 saturated heterocycles. The van der Waals surface area contributed by atoms with Gasteiger partial charge in [-0.05, 0) is 37.3 Å². The topological polar surface area (TPSA) is 63.2 Å². The first-order chi connectivity index (χ1) is 9.68. The number of hydrogen-bond acceptors (Lipinski definition) is 3. The average molecular weight is 371 g/mol. The first kappa shape index (κ1) is 16.9. The van der Waals surface area contributed by atoms with Crippen LogP contribution in [0.3, 0.4) is 0 Å². The summed E-state index contributed by atoms with van der Waals surface area (Å²) >= 11 is 11.9. The fourth-order valence-electron chi connectivity index (χ4n) is 2.47. The largest absolute Gasteiger partial charge is 0.349 e. The fraction of sp³-hybridized carbons (Fsp3) is 0.462. The van der Waals surface area contributed by atoms with Crippen molar-refractivity contribution in [3.63, 3.8) is 0 Å². The van der Waals surface area contributed by atoms with E-state index in [-0.39, 0.29) is 26.5 Å². The molecule has 1 aromatic carbocycles. The van der Waals surface area contributed by atoms with Gasteiger partial charge in [0.05, 0.1) is 20.5 Å². The number of carbonyl (C=O) groups excluding carboxylic acids is 1. The molecule has 1 aliphatic rings. The van der Waals surface area contributed by atoms with Gasteiger partial charge in [-0.25, -0.2) is 8.42 Å². The van der Waals surface area contributed by atoms with Gasteiger partial charge in [0.1, 0.15) is 0 Å². The smallest absolute Gasteiger partial charge is 0.261 e. The summed E-state index contributed by atoms with van der Waals surface area (Å²) in [5, 5.41) is 2.85. The molecule has 21 heavy (non-hydrogen) atoms. The van der Waals surface area contributed by atoms with Gasteiger partial charge in [0.25, 0.3) is 15.0 Å². The summed E-state index contributed by atoms with van der Waals surface area (Å²) in [5.74, 6) is 0.118. The van der Waals surface area contributed by atoms with Gasteiger partial charge in [-0.3, -0.25) is 4.79 Å². The molecular weight excluding hydrogens is 357 g/mol. The lowest BCUT2D eigenvalue weighted by atomic mass is 10.1. The van der Waals surface area contributed by atoms with Gasteiger partial charge in [0.2, 0.25) is 0 Å². The number of halogens is 3. The highest BCUT2D eigenvalue weighted by Crippen LogP contribution is 2.31. The van der Waals surface area contributed by atoms with E-state index < -0.39 is 15.0 Å². The van der Waals surface area contributed by atoms with Crippen molar-refractivity contribution in [2.24, 2.45) is 5.92 Å². The van der Waals surface area contributed by atoms with Crippen LogP contribution in [0.1, 0.15) is 36.5 Å². The van der Waals surface area contributed by atoms with Crippen molar-refractivity contribution in [1.82, 2.24) is 5.32 Å². The van der Waals surface area contributed by atoms with Gasteiger partial charge in [-0.1, -0.05) is 30.1 Å². The lowest BCUT2D eigenvalue weighted by molar-refractivity contribution is 0.0937. The van der Waals surface area contributed by atoms with Crippen LogP contribution >= 0.6 is 33.9 Å². The molecule has 0 spiro atoms. The Morgan fingerprint density at radius 3 is 2.48 bits per heavy atom. The first-order valence-corrected chi connectivity index (χ1v) is 9.49. The molecule has 2 atom stereocenters. The third-order valence-electron chi connectivity index (χ3n) is 3.56. The Morgan fingerprint density at radius 2 is 1.95 bits per heavy atom. The van der Waals surface area contributed by atoms with Crippen LogP contribution in [0.5, 0.6) is 0 Å². The Kier molecular flexibility index (Phi) is 5.08. The van der Waals surface area contributed by atoms with E-state index >= 15 is 0 Å². The standard InChI is InChI=1S/C13H14Cl3NO3S/c1-7-2-3-8(4-7)17-13(18)10-5-9(21(16,19)20)6-11(14)12(10)15/h5-8H,2-4H2,1H3,(H,17,18). The number of nitrogens with one attached hydrogen (secondary N) is 1. The predicted molar refractivity (Wildman–Crippen MR) is 83.8 cm³/mol. The van der Waals surface area contributed by atoms with E-state index in [1.807, 2.05) is 0 Å². The minimum Gasteiger partial charge on any atom is -0.349 e. The second-order valence-electron chi connectivity index (χ2n) is 5.29. The monoisotopic (exact) mass is 369 g/mol. The fourth-order valence-corrected chi connectivity index (χ4v) is 3.74. The summed E-state index contributed by atoms with van der Waals surface area (Å²) in [5.41, 5.74) is 0.0166. The van der Waals surface area contributed by atoms with Crippen molar-refractivity contribution in [3.8, 4) is 0 Å². The highest BCUT2D eigenvalue weighted by molar-refractivity contribution is 8.13. The lowest BCUT2D eigenvalue weighted by Gasteiger charge is -2.14. The van der Waals surface area contributed by atoms with Crippen LogP contribution in [0.25, 0.3) is 0 Å². The molecule has 8 heteroatoms. The summed E-state index contributed by atoms with van der Waals surface area (Å²) in [6.45, 7) is 2.12. The van der Waals surface area contributed by atoms with Gasteiger partial charge >= 0.3 is 0 Å². The maximum atomic E-state index is 12.3. The van der Waals surface area contributed by atoms with Crippen LogP contribution in [0, 0.1) is 5.92 Å². The van der Waals surface area contributed by atoms with Crippen LogP contribution in [0.4, 0.5) is 0 Å². The highest BCUT2D eigenvalue weighted by atomic mass is 35.7. The predicted octanol–water partition coefficient (Wildman–Crippen LogP) is 3.84. The molecule has 2 rings (SSSR count). The van der Waals surface area contributed by atoms with Crippen LogP contribution in [0.15, 0.2) is 17.0 Å². The molecule has 0 aliphatic heterocycles. The Balaban J connectivity index is 2.30. The Bertz CT molecular complexity index is 675. The summed E-state index contributed by atoms with van der Waals surface area (Å²) in [6.07, 6.45) is 2.84. The highest BCUT2D eigenvalue weighted by Gasteiger charge is 2.25. The average Bonchev–Trinajstić information content (AvgIpc) is 2.76. The number of carbonyl (C=O) groups is 1. The number of amides is 1. The summed E-state index contributed by atoms with van der Waals surface area (Å²) in [4.78, 5) is 12.0. The van der Waals surface area contributed by atoms with Crippen molar-refractivity contribution in [2.45, 2.75) is 37.1 Å².